The largest absolute Gasteiger partial charge is 0.325 e. The number of hydrogen-bond donors (Lipinski definition) is 2. The van der Waals surface area contributed by atoms with Crippen LogP contribution in [0.1, 0.15) is 23.9 Å². The maximum absolute atomic E-state index is 11.5. The number of carbonyl (C=O) groups is 1. The Morgan fingerprint density at radius 2 is 2.20 bits per heavy atom. The molecule has 0 aliphatic heterocycles. The van der Waals surface area contributed by atoms with E-state index in [1.807, 2.05) is 13.0 Å². The summed E-state index contributed by atoms with van der Waals surface area (Å²) in [6, 6.07) is 3.41. The van der Waals surface area contributed by atoms with Crippen molar-refractivity contribution in [2.45, 2.75) is 20.8 Å². The molecule has 102 valence electrons. The van der Waals surface area contributed by atoms with Gasteiger partial charge in [-0.15, -0.1) is 0 Å². The van der Waals surface area contributed by atoms with Crippen LogP contribution in [0.5, 0.6) is 0 Å². The molecule has 0 radical (unpaired) electrons. The number of hydrogen-bond acceptors (Lipinski definition) is 5. The lowest BCUT2D eigenvalue weighted by Crippen LogP contribution is -2.11. The molecule has 2 N–H and O–H groups in total. The van der Waals surface area contributed by atoms with E-state index < -0.39 is 5.56 Å². The SMILES string of the molecule is CC(=O)Nc1nc(C)c(-c2cc(C#N)c(=O)[nH]c2C)s1. The number of pyridine rings is 1. The smallest absolute Gasteiger partial charge is 0.266 e. The van der Waals surface area contributed by atoms with E-state index >= 15 is 0 Å². The number of aromatic amines is 1. The quantitative estimate of drug-likeness (QED) is 0.882. The first kappa shape index (κ1) is 14.0. The second kappa shape index (κ2) is 5.27. The van der Waals surface area contributed by atoms with Crippen molar-refractivity contribution in [3.05, 3.63) is 33.4 Å². The van der Waals surface area contributed by atoms with Crippen LogP contribution in [0.4, 0.5) is 5.13 Å². The third-order valence-electron chi connectivity index (χ3n) is 2.68. The standard InChI is InChI=1S/C13H12N4O2S/c1-6-10(4-9(5-14)12(19)15-6)11-7(2)16-13(20-11)17-8(3)18/h4H,1-3H3,(H,15,19)(H,16,17,18). The summed E-state index contributed by atoms with van der Waals surface area (Å²) in [5.74, 6) is -0.193. The highest BCUT2D eigenvalue weighted by atomic mass is 32.1. The zero-order valence-corrected chi connectivity index (χ0v) is 12.0. The molecular weight excluding hydrogens is 276 g/mol. The van der Waals surface area contributed by atoms with E-state index in [-0.39, 0.29) is 11.5 Å². The first-order valence-electron chi connectivity index (χ1n) is 5.81. The Labute approximate surface area is 119 Å². The molecule has 2 heterocycles. The molecule has 0 saturated heterocycles. The Morgan fingerprint density at radius 3 is 2.80 bits per heavy atom. The molecule has 0 aliphatic rings. The molecule has 2 aromatic heterocycles. The third kappa shape index (κ3) is 2.60. The van der Waals surface area contributed by atoms with Crippen LogP contribution in [0.2, 0.25) is 0 Å². The lowest BCUT2D eigenvalue weighted by molar-refractivity contribution is -0.114. The van der Waals surface area contributed by atoms with Crippen LogP contribution in [-0.2, 0) is 4.79 Å². The Morgan fingerprint density at radius 1 is 1.50 bits per heavy atom. The highest BCUT2D eigenvalue weighted by molar-refractivity contribution is 7.19. The van der Waals surface area contributed by atoms with Crippen LogP contribution in [0.25, 0.3) is 10.4 Å². The molecule has 0 saturated carbocycles. The van der Waals surface area contributed by atoms with E-state index in [1.165, 1.54) is 18.3 Å². The number of nitriles is 1. The Kier molecular flexibility index (Phi) is 3.68. The van der Waals surface area contributed by atoms with E-state index in [0.717, 1.165) is 16.1 Å². The van der Waals surface area contributed by atoms with Gasteiger partial charge in [-0.3, -0.25) is 9.59 Å². The second-order valence-electron chi connectivity index (χ2n) is 4.28. The summed E-state index contributed by atoms with van der Waals surface area (Å²) in [6.45, 7) is 4.98. The number of carbonyl (C=O) groups excluding carboxylic acids is 1. The predicted octanol–water partition coefficient (Wildman–Crippen LogP) is 1.95. The average molecular weight is 288 g/mol. The van der Waals surface area contributed by atoms with Gasteiger partial charge >= 0.3 is 0 Å². The monoisotopic (exact) mass is 288 g/mol. The van der Waals surface area contributed by atoms with Gasteiger partial charge in [-0.2, -0.15) is 5.26 Å². The summed E-state index contributed by atoms with van der Waals surface area (Å²) in [5.41, 5.74) is 1.79. The second-order valence-corrected chi connectivity index (χ2v) is 5.28. The lowest BCUT2D eigenvalue weighted by atomic mass is 10.1. The third-order valence-corrected chi connectivity index (χ3v) is 3.79. The van der Waals surface area contributed by atoms with Crippen molar-refractivity contribution < 1.29 is 4.79 Å². The summed E-state index contributed by atoms with van der Waals surface area (Å²) < 4.78 is 0. The van der Waals surface area contributed by atoms with E-state index in [2.05, 4.69) is 15.3 Å². The Balaban J connectivity index is 2.57. The molecule has 20 heavy (non-hydrogen) atoms. The van der Waals surface area contributed by atoms with Gasteiger partial charge in [0.1, 0.15) is 11.6 Å². The fraction of sp³-hybridized carbons (Fsp3) is 0.231. The normalized spacial score (nSPS) is 10.1. The van der Waals surface area contributed by atoms with Gasteiger partial charge in [-0.05, 0) is 19.9 Å². The molecule has 2 aromatic rings. The van der Waals surface area contributed by atoms with Crippen LogP contribution < -0.4 is 10.9 Å². The molecule has 2 rings (SSSR count). The van der Waals surface area contributed by atoms with E-state index in [4.69, 9.17) is 5.26 Å². The number of nitrogens with zero attached hydrogens (tertiary/aromatic N) is 2. The summed E-state index contributed by atoms with van der Waals surface area (Å²) >= 11 is 1.31. The topological polar surface area (TPSA) is 98.6 Å². The van der Waals surface area contributed by atoms with Gasteiger partial charge in [0, 0.05) is 18.2 Å². The minimum absolute atomic E-state index is 0.0551. The molecular formula is C13H12N4O2S. The lowest BCUT2D eigenvalue weighted by Gasteiger charge is -2.04. The number of H-pyrrole nitrogens is 1. The minimum Gasteiger partial charge on any atom is -0.325 e. The molecule has 6 nitrogen and oxygen atoms in total. The van der Waals surface area contributed by atoms with Crippen molar-refractivity contribution in [1.82, 2.24) is 9.97 Å². The van der Waals surface area contributed by atoms with Crippen molar-refractivity contribution in [2.24, 2.45) is 0 Å². The zero-order chi connectivity index (χ0) is 14.9. The number of amides is 1. The molecule has 0 bridgehead atoms. The van der Waals surface area contributed by atoms with Gasteiger partial charge in [-0.25, -0.2) is 4.98 Å². The maximum atomic E-state index is 11.5. The molecule has 7 heteroatoms. The molecule has 0 unspecified atom stereocenters. The van der Waals surface area contributed by atoms with E-state index in [9.17, 15) is 9.59 Å². The summed E-state index contributed by atoms with van der Waals surface area (Å²) in [5, 5.41) is 12.1. The summed E-state index contributed by atoms with van der Waals surface area (Å²) in [6.07, 6.45) is 0. The maximum Gasteiger partial charge on any atom is 0.266 e. The number of aryl methyl sites for hydroxylation is 2. The van der Waals surface area contributed by atoms with Crippen LogP contribution >= 0.6 is 11.3 Å². The Bertz CT molecular complexity index is 783. The number of anilines is 1. The highest BCUT2D eigenvalue weighted by Crippen LogP contribution is 2.33. The van der Waals surface area contributed by atoms with Crippen LogP contribution in [0, 0.1) is 25.2 Å². The van der Waals surface area contributed by atoms with Crippen molar-refractivity contribution in [1.29, 1.82) is 5.26 Å². The van der Waals surface area contributed by atoms with Gasteiger partial charge in [0.05, 0.1) is 10.6 Å². The highest BCUT2D eigenvalue weighted by Gasteiger charge is 2.14. The van der Waals surface area contributed by atoms with Gasteiger partial charge in [0.25, 0.3) is 5.56 Å². The molecule has 0 atom stereocenters. The number of aromatic nitrogens is 2. The molecule has 0 aliphatic carbocycles. The van der Waals surface area contributed by atoms with Gasteiger partial charge in [0.15, 0.2) is 5.13 Å². The first-order chi connectivity index (χ1) is 9.42. The van der Waals surface area contributed by atoms with Crippen LogP contribution in [-0.4, -0.2) is 15.9 Å². The summed E-state index contributed by atoms with van der Waals surface area (Å²) in [4.78, 5) is 30.3. The van der Waals surface area contributed by atoms with Crippen molar-refractivity contribution in [3.8, 4) is 16.5 Å². The van der Waals surface area contributed by atoms with Gasteiger partial charge < -0.3 is 10.3 Å². The molecule has 0 fully saturated rings. The Hall–Kier alpha value is -2.46. The summed E-state index contributed by atoms with van der Waals surface area (Å²) in [7, 11) is 0. The molecule has 1 amide bonds. The zero-order valence-electron chi connectivity index (χ0n) is 11.2. The van der Waals surface area contributed by atoms with Crippen LogP contribution in [0.3, 0.4) is 0 Å². The van der Waals surface area contributed by atoms with Crippen molar-refractivity contribution in [2.75, 3.05) is 5.32 Å². The van der Waals surface area contributed by atoms with E-state index in [0.29, 0.717) is 10.8 Å². The minimum atomic E-state index is -0.405. The van der Waals surface area contributed by atoms with Gasteiger partial charge in [-0.1, -0.05) is 11.3 Å². The molecule has 0 spiro atoms. The fourth-order valence-corrected chi connectivity index (χ4v) is 2.88. The van der Waals surface area contributed by atoms with Crippen molar-refractivity contribution in [3.63, 3.8) is 0 Å². The number of thiazole rings is 1. The van der Waals surface area contributed by atoms with Crippen LogP contribution in [0.15, 0.2) is 10.9 Å². The fourth-order valence-electron chi connectivity index (χ4n) is 1.79. The van der Waals surface area contributed by atoms with Crippen molar-refractivity contribution >= 4 is 22.4 Å². The number of nitrogens with one attached hydrogen (secondary N) is 2. The first-order valence-corrected chi connectivity index (χ1v) is 6.63. The molecule has 0 aromatic carbocycles. The van der Waals surface area contributed by atoms with Gasteiger partial charge in [0.2, 0.25) is 5.91 Å². The van der Waals surface area contributed by atoms with E-state index in [1.54, 1.807) is 13.0 Å². The predicted molar refractivity (Wildman–Crippen MR) is 76.7 cm³/mol. The number of rotatable bonds is 2. The average Bonchev–Trinajstić information content (AvgIpc) is 2.69.